The first-order valence-electron chi connectivity index (χ1n) is 10.3. The number of aromatic nitrogens is 1. The number of hydrogen-bond donors (Lipinski definition) is 1. The van der Waals surface area contributed by atoms with Crippen LogP contribution >= 0.6 is 22.9 Å². The summed E-state index contributed by atoms with van der Waals surface area (Å²) in [5, 5.41) is 5.88. The van der Waals surface area contributed by atoms with E-state index >= 15 is 0 Å². The van der Waals surface area contributed by atoms with Crippen molar-refractivity contribution in [3.63, 3.8) is 0 Å². The zero-order valence-corrected chi connectivity index (χ0v) is 20.2. The van der Waals surface area contributed by atoms with Gasteiger partial charge in [0, 0.05) is 35.0 Å². The Morgan fingerprint density at radius 1 is 1.09 bits per heavy atom. The van der Waals surface area contributed by atoms with Crippen molar-refractivity contribution in [1.29, 1.82) is 0 Å². The van der Waals surface area contributed by atoms with Crippen LogP contribution in [0, 0.1) is 19.8 Å². The van der Waals surface area contributed by atoms with Gasteiger partial charge in [-0.05, 0) is 68.1 Å². The van der Waals surface area contributed by atoms with E-state index in [1.54, 1.807) is 12.1 Å². The highest BCUT2D eigenvalue weighted by atomic mass is 35.5. The summed E-state index contributed by atoms with van der Waals surface area (Å²) < 4.78 is 27.1. The molecule has 2 heterocycles. The number of benzene rings is 2. The highest BCUT2D eigenvalue weighted by Crippen LogP contribution is 2.29. The number of piperidine rings is 1. The number of carbonyl (C=O) groups is 1. The van der Waals surface area contributed by atoms with Crippen LogP contribution in [-0.4, -0.2) is 36.7 Å². The van der Waals surface area contributed by atoms with Crippen LogP contribution < -0.4 is 5.32 Å². The topological polar surface area (TPSA) is 79.4 Å². The third-order valence-electron chi connectivity index (χ3n) is 5.81. The van der Waals surface area contributed by atoms with Crippen LogP contribution in [0.4, 0.5) is 5.13 Å². The molecule has 0 unspecified atom stereocenters. The van der Waals surface area contributed by atoms with Crippen LogP contribution in [0.3, 0.4) is 0 Å². The van der Waals surface area contributed by atoms with Gasteiger partial charge < -0.3 is 5.32 Å². The van der Waals surface area contributed by atoms with Gasteiger partial charge in [0.1, 0.15) is 0 Å². The Balaban J connectivity index is 1.36. The van der Waals surface area contributed by atoms with E-state index in [0.717, 1.165) is 11.3 Å². The second-order valence-corrected chi connectivity index (χ2v) is 11.2. The van der Waals surface area contributed by atoms with Crippen LogP contribution in [0.15, 0.2) is 52.7 Å². The van der Waals surface area contributed by atoms with Gasteiger partial charge in [-0.15, -0.1) is 11.3 Å². The summed E-state index contributed by atoms with van der Waals surface area (Å²) in [6.07, 6.45) is 0.933. The van der Waals surface area contributed by atoms with Crippen molar-refractivity contribution in [1.82, 2.24) is 9.29 Å². The molecular weight excluding hydrogens is 466 g/mol. The monoisotopic (exact) mass is 489 g/mol. The zero-order chi connectivity index (χ0) is 22.9. The number of hydrogen-bond acceptors (Lipinski definition) is 5. The maximum atomic E-state index is 12.8. The predicted molar refractivity (Wildman–Crippen MR) is 129 cm³/mol. The molecule has 3 aromatic rings. The summed E-state index contributed by atoms with van der Waals surface area (Å²) >= 11 is 7.25. The molecule has 0 aliphatic carbocycles. The fraction of sp³-hybridized carbons (Fsp3) is 0.304. The Kier molecular flexibility index (Phi) is 6.67. The number of rotatable bonds is 5. The molecule has 0 radical (unpaired) electrons. The first kappa shape index (κ1) is 22.9. The quantitative estimate of drug-likeness (QED) is 0.539. The number of carbonyl (C=O) groups excluding carboxylic acids is 1. The third kappa shape index (κ3) is 4.88. The maximum Gasteiger partial charge on any atom is 0.243 e. The second kappa shape index (κ2) is 9.31. The van der Waals surface area contributed by atoms with Crippen LogP contribution in [0.1, 0.15) is 24.0 Å². The fourth-order valence-electron chi connectivity index (χ4n) is 3.69. The molecule has 1 aromatic heterocycles. The number of aryl methyl sites for hydroxylation is 2. The smallest absolute Gasteiger partial charge is 0.243 e. The van der Waals surface area contributed by atoms with Gasteiger partial charge in [-0.25, -0.2) is 13.4 Å². The van der Waals surface area contributed by atoms with Gasteiger partial charge >= 0.3 is 0 Å². The number of amides is 1. The SMILES string of the molecule is Cc1ccc(-c2csc(NC(=O)C3CCN(S(=O)(=O)c4ccc(Cl)cc4)CC3)n2)cc1C. The predicted octanol–water partition coefficient (Wildman–Crippen LogP) is 5.12. The lowest BCUT2D eigenvalue weighted by Gasteiger charge is -2.30. The minimum absolute atomic E-state index is 0.116. The van der Waals surface area contributed by atoms with Crippen molar-refractivity contribution in [3.05, 3.63) is 64.0 Å². The minimum atomic E-state index is -3.59. The van der Waals surface area contributed by atoms with Gasteiger partial charge in [0.15, 0.2) is 5.13 Å². The highest BCUT2D eigenvalue weighted by molar-refractivity contribution is 7.89. The Morgan fingerprint density at radius 3 is 2.44 bits per heavy atom. The molecule has 6 nitrogen and oxygen atoms in total. The average molecular weight is 490 g/mol. The van der Waals surface area contributed by atoms with Crippen molar-refractivity contribution >= 4 is 44.0 Å². The first-order chi connectivity index (χ1) is 15.2. The van der Waals surface area contributed by atoms with E-state index in [2.05, 4.69) is 36.3 Å². The third-order valence-corrected chi connectivity index (χ3v) is 8.74. The fourth-order valence-corrected chi connectivity index (χ4v) is 6.00. The number of thiazole rings is 1. The van der Waals surface area contributed by atoms with Crippen LogP contribution in [0.5, 0.6) is 0 Å². The van der Waals surface area contributed by atoms with Crippen molar-refractivity contribution in [2.75, 3.05) is 18.4 Å². The second-order valence-electron chi connectivity index (χ2n) is 7.96. The molecule has 0 saturated carbocycles. The molecule has 32 heavy (non-hydrogen) atoms. The molecule has 0 bridgehead atoms. The van der Waals surface area contributed by atoms with E-state index in [1.807, 2.05) is 11.4 Å². The van der Waals surface area contributed by atoms with Crippen molar-refractivity contribution < 1.29 is 13.2 Å². The number of halogens is 1. The van der Waals surface area contributed by atoms with Crippen LogP contribution in [-0.2, 0) is 14.8 Å². The molecule has 1 N–H and O–H groups in total. The Hall–Kier alpha value is -2.26. The largest absolute Gasteiger partial charge is 0.302 e. The molecule has 2 aromatic carbocycles. The first-order valence-corrected chi connectivity index (χ1v) is 13.0. The molecule has 1 fully saturated rings. The summed E-state index contributed by atoms with van der Waals surface area (Å²) in [4.78, 5) is 17.5. The lowest BCUT2D eigenvalue weighted by Crippen LogP contribution is -2.41. The Morgan fingerprint density at radius 2 is 1.78 bits per heavy atom. The maximum absolute atomic E-state index is 12.8. The van der Waals surface area contributed by atoms with E-state index in [-0.39, 0.29) is 16.7 Å². The van der Waals surface area contributed by atoms with Crippen molar-refractivity contribution in [3.8, 4) is 11.3 Å². The number of anilines is 1. The van der Waals surface area contributed by atoms with Gasteiger partial charge in [0.2, 0.25) is 15.9 Å². The summed E-state index contributed by atoms with van der Waals surface area (Å²) in [6.45, 7) is 4.73. The molecule has 1 aliphatic rings. The molecular formula is C23H24ClN3O3S2. The standard InChI is InChI=1S/C23H24ClN3O3S2/c1-15-3-4-18(13-16(15)2)21-14-31-23(25-21)26-22(28)17-9-11-27(12-10-17)32(29,30)20-7-5-19(24)6-8-20/h3-8,13-14,17H,9-12H2,1-2H3,(H,25,26,28). The van der Waals surface area contributed by atoms with E-state index in [1.165, 1.54) is 38.9 Å². The number of sulfonamides is 1. The summed E-state index contributed by atoms with van der Waals surface area (Å²) in [5.74, 6) is -0.366. The summed E-state index contributed by atoms with van der Waals surface area (Å²) in [7, 11) is -3.59. The Bertz CT molecular complexity index is 1230. The van der Waals surface area contributed by atoms with E-state index in [9.17, 15) is 13.2 Å². The molecule has 0 atom stereocenters. The van der Waals surface area contributed by atoms with Gasteiger partial charge in [0.25, 0.3) is 0 Å². The molecule has 1 saturated heterocycles. The minimum Gasteiger partial charge on any atom is -0.302 e. The lowest BCUT2D eigenvalue weighted by atomic mass is 9.97. The van der Waals surface area contributed by atoms with Gasteiger partial charge in [0.05, 0.1) is 10.6 Å². The van der Waals surface area contributed by atoms with E-state index in [4.69, 9.17) is 11.6 Å². The highest BCUT2D eigenvalue weighted by Gasteiger charge is 2.32. The van der Waals surface area contributed by atoms with Gasteiger partial charge in [-0.3, -0.25) is 4.79 Å². The Labute approximate surface area is 197 Å². The average Bonchev–Trinajstić information content (AvgIpc) is 3.24. The van der Waals surface area contributed by atoms with Crippen molar-refractivity contribution in [2.45, 2.75) is 31.6 Å². The van der Waals surface area contributed by atoms with Crippen molar-refractivity contribution in [2.24, 2.45) is 5.92 Å². The zero-order valence-electron chi connectivity index (χ0n) is 17.8. The molecule has 0 spiro atoms. The molecule has 9 heteroatoms. The molecule has 4 rings (SSSR count). The van der Waals surface area contributed by atoms with Gasteiger partial charge in [-0.2, -0.15) is 4.31 Å². The van der Waals surface area contributed by atoms with E-state index < -0.39 is 10.0 Å². The number of nitrogens with zero attached hydrogens (tertiary/aromatic N) is 2. The summed E-state index contributed by atoms with van der Waals surface area (Å²) in [5.41, 5.74) is 4.27. The molecule has 1 aliphatic heterocycles. The number of nitrogens with one attached hydrogen (secondary N) is 1. The normalized spacial score (nSPS) is 15.6. The van der Waals surface area contributed by atoms with Crippen LogP contribution in [0.25, 0.3) is 11.3 Å². The van der Waals surface area contributed by atoms with Crippen LogP contribution in [0.2, 0.25) is 5.02 Å². The lowest BCUT2D eigenvalue weighted by molar-refractivity contribution is -0.120. The summed E-state index contributed by atoms with van der Waals surface area (Å²) in [6, 6.07) is 12.3. The molecule has 168 valence electrons. The van der Waals surface area contributed by atoms with E-state index in [0.29, 0.717) is 36.1 Å². The van der Waals surface area contributed by atoms with Gasteiger partial charge in [-0.1, -0.05) is 23.7 Å². The molecule has 1 amide bonds.